The van der Waals surface area contributed by atoms with Crippen LogP contribution in [0.15, 0.2) is 12.7 Å². The van der Waals surface area contributed by atoms with Crippen molar-refractivity contribution in [3.05, 3.63) is 12.7 Å². The minimum atomic E-state index is -1.52. The Morgan fingerprint density at radius 3 is 2.53 bits per heavy atom. The first-order valence-electron chi connectivity index (χ1n) is 13.1. The Hall–Kier alpha value is -1.36. The molecule has 0 aromatic carbocycles. The fourth-order valence-electron chi connectivity index (χ4n) is 7.94. The number of rotatable bonds is 5. The maximum Gasteiger partial charge on any atom is 0.332 e. The summed E-state index contributed by atoms with van der Waals surface area (Å²) in [5, 5.41) is 41.2. The molecule has 12 atom stereocenters. The summed E-state index contributed by atoms with van der Waals surface area (Å²) in [5.74, 6) is -0.731. The summed E-state index contributed by atoms with van der Waals surface area (Å²) in [6.07, 6.45) is -2.11. The van der Waals surface area contributed by atoms with Gasteiger partial charge in [0.2, 0.25) is 0 Å². The normalized spacial score (nSPS) is 51.1. The van der Waals surface area contributed by atoms with Gasteiger partial charge in [0.25, 0.3) is 0 Å². The fraction of sp³-hybridized carbons (Fsp3) is 0.852. The topological polar surface area (TPSA) is 143 Å². The van der Waals surface area contributed by atoms with Crippen LogP contribution in [0.3, 0.4) is 0 Å². The molecular weight excluding hydrogens is 468 g/mol. The van der Waals surface area contributed by atoms with E-state index < -0.39 is 60.2 Å². The number of carbonyl (C=O) groups excluding carboxylic acids is 2. The Kier molecular flexibility index (Phi) is 7.49. The first kappa shape index (κ1) is 27.7. The van der Waals surface area contributed by atoms with E-state index in [0.29, 0.717) is 19.3 Å². The summed E-state index contributed by atoms with van der Waals surface area (Å²) in [4.78, 5) is 26.4. The third-order valence-electron chi connectivity index (χ3n) is 10.3. The Labute approximate surface area is 212 Å². The van der Waals surface area contributed by atoms with Crippen LogP contribution in [0.4, 0.5) is 0 Å². The smallest absolute Gasteiger partial charge is 0.332 e. The largest absolute Gasteiger partial charge is 0.460 e. The molecule has 2 bridgehead atoms. The van der Waals surface area contributed by atoms with Crippen molar-refractivity contribution in [3.8, 4) is 0 Å². The van der Waals surface area contributed by atoms with Crippen molar-refractivity contribution in [1.29, 1.82) is 0 Å². The van der Waals surface area contributed by atoms with Gasteiger partial charge in [-0.05, 0) is 42.9 Å². The monoisotopic (exact) mass is 510 g/mol. The molecule has 0 amide bonds. The lowest BCUT2D eigenvalue weighted by Gasteiger charge is -2.62. The number of ketones is 1. The summed E-state index contributed by atoms with van der Waals surface area (Å²) in [5.41, 5.74) is -1.74. The average Bonchev–Trinajstić information content (AvgIpc) is 3.22. The van der Waals surface area contributed by atoms with Gasteiger partial charge in [-0.1, -0.05) is 33.8 Å². The minimum absolute atomic E-state index is 0.127. The van der Waals surface area contributed by atoms with Gasteiger partial charge in [0, 0.05) is 23.2 Å². The number of Topliss-reactive ketones (excluding diaryl/α,β-unsaturated/α-hetero) is 1. The highest BCUT2D eigenvalue weighted by Crippen LogP contribution is 2.68. The number of esters is 1. The molecule has 3 saturated carbocycles. The molecule has 0 aromatic heterocycles. The molecular formula is C27H42O9. The first-order valence-corrected chi connectivity index (χ1v) is 13.1. The summed E-state index contributed by atoms with van der Waals surface area (Å²) >= 11 is 0. The van der Waals surface area contributed by atoms with Gasteiger partial charge in [-0.2, -0.15) is 0 Å². The summed E-state index contributed by atoms with van der Waals surface area (Å²) in [6.45, 7) is 11.4. The van der Waals surface area contributed by atoms with Gasteiger partial charge in [-0.15, -0.1) is 6.58 Å². The van der Waals surface area contributed by atoms with E-state index in [1.54, 1.807) is 6.08 Å². The van der Waals surface area contributed by atoms with E-state index in [1.165, 1.54) is 0 Å². The van der Waals surface area contributed by atoms with Gasteiger partial charge < -0.3 is 34.6 Å². The number of hydrogen-bond donors (Lipinski definition) is 4. The Morgan fingerprint density at radius 1 is 1.17 bits per heavy atom. The number of carbonyl (C=O) groups is 2. The molecule has 36 heavy (non-hydrogen) atoms. The maximum absolute atomic E-state index is 13.4. The van der Waals surface area contributed by atoms with E-state index in [1.807, 2.05) is 13.8 Å². The zero-order valence-corrected chi connectivity index (χ0v) is 21.8. The fourth-order valence-corrected chi connectivity index (χ4v) is 7.94. The van der Waals surface area contributed by atoms with Crippen molar-refractivity contribution in [2.75, 3.05) is 13.2 Å². The Morgan fingerprint density at radius 2 is 1.86 bits per heavy atom. The predicted molar refractivity (Wildman–Crippen MR) is 128 cm³/mol. The summed E-state index contributed by atoms with van der Waals surface area (Å²) in [7, 11) is 0. The second-order valence-electron chi connectivity index (χ2n) is 12.1. The highest BCUT2D eigenvalue weighted by Gasteiger charge is 2.68. The Balaban J connectivity index is 1.60. The molecule has 4 aliphatic rings. The van der Waals surface area contributed by atoms with Crippen LogP contribution < -0.4 is 0 Å². The second kappa shape index (κ2) is 9.75. The molecule has 0 spiro atoms. The van der Waals surface area contributed by atoms with Crippen molar-refractivity contribution < 1.29 is 44.2 Å². The molecule has 4 N–H and O–H groups in total. The molecule has 1 heterocycles. The van der Waals surface area contributed by atoms with Crippen LogP contribution in [0.5, 0.6) is 0 Å². The molecule has 4 fully saturated rings. The van der Waals surface area contributed by atoms with E-state index in [4.69, 9.17) is 14.2 Å². The van der Waals surface area contributed by atoms with Crippen LogP contribution in [0, 0.1) is 34.0 Å². The van der Waals surface area contributed by atoms with Crippen molar-refractivity contribution in [2.24, 2.45) is 34.0 Å². The third kappa shape index (κ3) is 4.16. The molecule has 3 aliphatic carbocycles. The van der Waals surface area contributed by atoms with Gasteiger partial charge in [0.15, 0.2) is 6.29 Å². The lowest BCUT2D eigenvalue weighted by molar-refractivity contribution is -0.271. The van der Waals surface area contributed by atoms with Gasteiger partial charge in [-0.3, -0.25) is 4.79 Å². The van der Waals surface area contributed by atoms with Gasteiger partial charge >= 0.3 is 5.97 Å². The van der Waals surface area contributed by atoms with E-state index >= 15 is 0 Å². The number of aliphatic hydroxyl groups is 4. The molecule has 8 unspecified atom stereocenters. The zero-order valence-electron chi connectivity index (χ0n) is 21.8. The highest BCUT2D eigenvalue weighted by molar-refractivity contribution is 5.85. The molecule has 1 saturated heterocycles. The average molecular weight is 511 g/mol. The Bertz CT molecular complexity index is 877. The molecule has 9 heteroatoms. The SMILES string of the molecule is C=CC1(C)CC(OC(=O)CO[C@@H]2OC[C@@H](O)[C@H](O)[C@H]2O)C2(C)CCC(C)C3(CCC(=O)C23)C(C)C1O. The quantitative estimate of drug-likeness (QED) is 0.318. The van der Waals surface area contributed by atoms with Gasteiger partial charge in [0.05, 0.1) is 12.7 Å². The van der Waals surface area contributed by atoms with Crippen LogP contribution in [-0.2, 0) is 23.8 Å². The highest BCUT2D eigenvalue weighted by atomic mass is 16.7. The van der Waals surface area contributed by atoms with Crippen molar-refractivity contribution >= 4 is 11.8 Å². The summed E-state index contributed by atoms with van der Waals surface area (Å²) < 4.78 is 16.6. The minimum Gasteiger partial charge on any atom is -0.460 e. The van der Waals surface area contributed by atoms with Crippen molar-refractivity contribution in [2.45, 2.75) is 96.6 Å². The number of ether oxygens (including phenoxy) is 3. The molecule has 4 rings (SSSR count). The lowest BCUT2D eigenvalue weighted by atomic mass is 9.43. The molecule has 204 valence electrons. The molecule has 0 radical (unpaired) electrons. The molecule has 9 nitrogen and oxygen atoms in total. The van der Waals surface area contributed by atoms with E-state index in [9.17, 15) is 30.0 Å². The van der Waals surface area contributed by atoms with Crippen LogP contribution in [0.2, 0.25) is 0 Å². The van der Waals surface area contributed by atoms with E-state index in [0.717, 1.165) is 12.8 Å². The number of aliphatic hydroxyl groups excluding tert-OH is 4. The van der Waals surface area contributed by atoms with E-state index in [2.05, 4.69) is 20.4 Å². The zero-order chi connectivity index (χ0) is 26.6. The van der Waals surface area contributed by atoms with Gasteiger partial charge in [-0.25, -0.2) is 4.79 Å². The van der Waals surface area contributed by atoms with Crippen LogP contribution in [-0.4, -0.2) is 82.2 Å². The molecule has 0 aromatic rings. The van der Waals surface area contributed by atoms with Crippen LogP contribution in [0.1, 0.15) is 59.8 Å². The van der Waals surface area contributed by atoms with Crippen molar-refractivity contribution in [1.82, 2.24) is 0 Å². The van der Waals surface area contributed by atoms with Crippen molar-refractivity contribution in [3.63, 3.8) is 0 Å². The number of hydrogen-bond acceptors (Lipinski definition) is 9. The standard InChI is InChI=1S/C27H42O9/c1-6-25(4)11-18(36-19(30)13-35-24-21(32)20(31)17(29)12-34-24)26(5)9-7-14(2)27(15(3)23(25)33)10-8-16(28)22(26)27/h6,14-15,17-18,20-24,29,31-33H,1,7-13H2,2-5H3/t14?,15?,17-,18?,20+,21-,22?,23?,24+,25?,26?,27?/m1/s1. The lowest BCUT2D eigenvalue weighted by Crippen LogP contribution is -2.63. The van der Waals surface area contributed by atoms with Crippen LogP contribution in [0.25, 0.3) is 0 Å². The molecule has 1 aliphatic heterocycles. The van der Waals surface area contributed by atoms with E-state index in [-0.39, 0.29) is 35.6 Å². The summed E-state index contributed by atoms with van der Waals surface area (Å²) in [6, 6.07) is 0. The maximum atomic E-state index is 13.4. The second-order valence-corrected chi connectivity index (χ2v) is 12.1. The third-order valence-corrected chi connectivity index (χ3v) is 10.3. The van der Waals surface area contributed by atoms with Crippen LogP contribution >= 0.6 is 0 Å². The first-order chi connectivity index (χ1) is 16.8. The van der Waals surface area contributed by atoms with Gasteiger partial charge in [0.1, 0.15) is 36.8 Å². The predicted octanol–water partition coefficient (Wildman–Crippen LogP) is 1.35.